The molecule has 23 heavy (non-hydrogen) atoms. The predicted molar refractivity (Wildman–Crippen MR) is 98.6 cm³/mol. The lowest BCUT2D eigenvalue weighted by Crippen LogP contribution is -2.37. The van der Waals surface area contributed by atoms with Gasteiger partial charge in [0.15, 0.2) is 0 Å². The Bertz CT molecular complexity index is 520. The molecule has 1 N–H and O–H groups in total. The molecule has 4 heteroatoms. The molecule has 1 aromatic carbocycles. The van der Waals surface area contributed by atoms with Gasteiger partial charge < -0.3 is 5.32 Å². The van der Waals surface area contributed by atoms with E-state index < -0.39 is 0 Å². The summed E-state index contributed by atoms with van der Waals surface area (Å²) in [5.74, 6) is 0.778. The first-order valence-corrected chi connectivity index (χ1v) is 8.86. The molecule has 1 heterocycles. The summed E-state index contributed by atoms with van der Waals surface area (Å²) >= 11 is 0. The largest absolute Gasteiger partial charge is 0.324 e. The fraction of sp³-hybridized carbons (Fsp3) is 0.632. The molecule has 1 saturated carbocycles. The average Bonchev–Trinajstić information content (AvgIpc) is 3.04. The van der Waals surface area contributed by atoms with Gasteiger partial charge in [-0.05, 0) is 62.7 Å². The van der Waals surface area contributed by atoms with Crippen molar-refractivity contribution in [2.24, 2.45) is 0 Å². The van der Waals surface area contributed by atoms with Crippen LogP contribution in [0.1, 0.15) is 62.0 Å². The highest BCUT2D eigenvalue weighted by Gasteiger charge is 2.22. The first-order valence-electron chi connectivity index (χ1n) is 8.86. The van der Waals surface area contributed by atoms with Crippen LogP contribution in [-0.4, -0.2) is 30.4 Å². The van der Waals surface area contributed by atoms with E-state index in [0.29, 0.717) is 12.5 Å². The monoisotopic (exact) mass is 336 g/mol. The third-order valence-corrected chi connectivity index (χ3v) is 5.18. The number of amides is 1. The van der Waals surface area contributed by atoms with Crippen molar-refractivity contribution < 1.29 is 4.79 Å². The van der Waals surface area contributed by atoms with Crippen molar-refractivity contribution in [3.63, 3.8) is 0 Å². The number of halogens is 1. The summed E-state index contributed by atoms with van der Waals surface area (Å²) in [5, 5.41) is 3.22. The van der Waals surface area contributed by atoms with Gasteiger partial charge in [0.1, 0.15) is 0 Å². The van der Waals surface area contributed by atoms with Crippen LogP contribution in [0, 0.1) is 6.92 Å². The molecule has 1 aliphatic heterocycles. The van der Waals surface area contributed by atoms with Gasteiger partial charge in [0.25, 0.3) is 0 Å². The fourth-order valence-electron chi connectivity index (χ4n) is 3.94. The van der Waals surface area contributed by atoms with Gasteiger partial charge >= 0.3 is 0 Å². The van der Waals surface area contributed by atoms with Gasteiger partial charge in [-0.1, -0.05) is 37.5 Å². The molecule has 0 aromatic heterocycles. The van der Waals surface area contributed by atoms with Crippen LogP contribution in [0.4, 0.5) is 5.69 Å². The molecule has 1 aliphatic carbocycles. The number of hydrogen-bond donors (Lipinski definition) is 1. The number of benzene rings is 1. The van der Waals surface area contributed by atoms with Crippen molar-refractivity contribution in [1.29, 1.82) is 0 Å². The van der Waals surface area contributed by atoms with E-state index in [1.807, 2.05) is 0 Å². The Balaban J connectivity index is 0.00000192. The first kappa shape index (κ1) is 18.3. The van der Waals surface area contributed by atoms with Crippen LogP contribution in [0.25, 0.3) is 0 Å². The molecule has 128 valence electrons. The van der Waals surface area contributed by atoms with E-state index in [-0.39, 0.29) is 18.3 Å². The SMILES string of the molecule is Cc1cccc(C2CCCC2)c1NC(=O)CN1CCCCC1.Cl. The van der Waals surface area contributed by atoms with Crippen molar-refractivity contribution in [3.8, 4) is 0 Å². The maximum Gasteiger partial charge on any atom is 0.238 e. The summed E-state index contributed by atoms with van der Waals surface area (Å²) in [4.78, 5) is 14.7. The minimum Gasteiger partial charge on any atom is -0.324 e. The van der Waals surface area contributed by atoms with E-state index >= 15 is 0 Å². The van der Waals surface area contributed by atoms with Crippen LogP contribution in [0.3, 0.4) is 0 Å². The van der Waals surface area contributed by atoms with E-state index in [9.17, 15) is 4.79 Å². The number of hydrogen-bond acceptors (Lipinski definition) is 2. The lowest BCUT2D eigenvalue weighted by atomic mass is 9.94. The molecular formula is C19H29ClN2O. The normalized spacial score (nSPS) is 19.3. The van der Waals surface area contributed by atoms with E-state index in [4.69, 9.17) is 0 Å². The lowest BCUT2D eigenvalue weighted by Gasteiger charge is -2.26. The molecule has 0 atom stereocenters. The fourth-order valence-corrected chi connectivity index (χ4v) is 3.94. The second kappa shape index (κ2) is 8.70. The third-order valence-electron chi connectivity index (χ3n) is 5.18. The Morgan fingerprint density at radius 2 is 1.83 bits per heavy atom. The minimum absolute atomic E-state index is 0. The van der Waals surface area contributed by atoms with E-state index in [1.165, 1.54) is 56.1 Å². The zero-order valence-electron chi connectivity index (χ0n) is 14.1. The van der Waals surface area contributed by atoms with Gasteiger partial charge in [0, 0.05) is 5.69 Å². The molecule has 0 radical (unpaired) electrons. The topological polar surface area (TPSA) is 32.3 Å². The number of nitrogens with one attached hydrogen (secondary N) is 1. The molecule has 3 nitrogen and oxygen atoms in total. The molecule has 2 aliphatic rings. The average molecular weight is 337 g/mol. The zero-order chi connectivity index (χ0) is 15.4. The maximum atomic E-state index is 12.4. The van der Waals surface area contributed by atoms with Gasteiger partial charge in [0.2, 0.25) is 5.91 Å². The molecule has 1 amide bonds. The lowest BCUT2D eigenvalue weighted by molar-refractivity contribution is -0.117. The number of rotatable bonds is 4. The molecule has 2 fully saturated rings. The second-order valence-corrected chi connectivity index (χ2v) is 6.91. The number of carbonyl (C=O) groups is 1. The molecule has 3 rings (SSSR count). The van der Waals surface area contributed by atoms with Crippen molar-refractivity contribution >= 4 is 24.0 Å². The van der Waals surface area contributed by atoms with E-state index in [1.54, 1.807) is 0 Å². The number of likely N-dealkylation sites (tertiary alicyclic amines) is 1. The minimum atomic E-state index is 0. The van der Waals surface area contributed by atoms with Gasteiger partial charge in [-0.15, -0.1) is 12.4 Å². The summed E-state index contributed by atoms with van der Waals surface area (Å²) in [7, 11) is 0. The van der Waals surface area contributed by atoms with E-state index in [0.717, 1.165) is 18.8 Å². The van der Waals surface area contributed by atoms with Crippen molar-refractivity contribution in [2.45, 2.75) is 57.8 Å². The summed E-state index contributed by atoms with van der Waals surface area (Å²) in [6, 6.07) is 6.44. The van der Waals surface area contributed by atoms with Gasteiger partial charge in [-0.2, -0.15) is 0 Å². The predicted octanol–water partition coefficient (Wildman–Crippen LogP) is 4.50. The summed E-state index contributed by atoms with van der Waals surface area (Å²) in [6.45, 7) is 4.78. The van der Waals surface area contributed by atoms with Gasteiger partial charge in [-0.25, -0.2) is 0 Å². The summed E-state index contributed by atoms with van der Waals surface area (Å²) < 4.78 is 0. The number of carbonyl (C=O) groups excluding carboxylic acids is 1. The smallest absolute Gasteiger partial charge is 0.238 e. The molecule has 1 aromatic rings. The molecular weight excluding hydrogens is 308 g/mol. The Labute approximate surface area is 146 Å². The van der Waals surface area contributed by atoms with Gasteiger partial charge in [0.05, 0.1) is 6.54 Å². The van der Waals surface area contributed by atoms with Crippen LogP contribution in [0.2, 0.25) is 0 Å². The highest BCUT2D eigenvalue weighted by molar-refractivity contribution is 5.94. The summed E-state index contributed by atoms with van der Waals surface area (Å²) in [5.41, 5.74) is 3.62. The third kappa shape index (κ3) is 4.71. The van der Waals surface area contributed by atoms with Crippen LogP contribution in [-0.2, 0) is 4.79 Å². The van der Waals surface area contributed by atoms with Gasteiger partial charge in [-0.3, -0.25) is 9.69 Å². The van der Waals surface area contributed by atoms with Crippen molar-refractivity contribution in [2.75, 3.05) is 25.0 Å². The highest BCUT2D eigenvalue weighted by atomic mass is 35.5. The molecule has 0 unspecified atom stereocenters. The van der Waals surface area contributed by atoms with Crippen LogP contribution in [0.15, 0.2) is 18.2 Å². The Morgan fingerprint density at radius 3 is 2.52 bits per heavy atom. The van der Waals surface area contributed by atoms with Crippen molar-refractivity contribution in [3.05, 3.63) is 29.3 Å². The highest BCUT2D eigenvalue weighted by Crippen LogP contribution is 2.38. The Hall–Kier alpha value is -1.06. The van der Waals surface area contributed by atoms with E-state index in [2.05, 4.69) is 35.3 Å². The molecule has 0 bridgehead atoms. The number of nitrogens with zero attached hydrogens (tertiary/aromatic N) is 1. The number of piperidine rings is 1. The first-order chi connectivity index (χ1) is 10.7. The van der Waals surface area contributed by atoms with Crippen molar-refractivity contribution in [1.82, 2.24) is 4.90 Å². The molecule has 0 spiro atoms. The number of para-hydroxylation sites is 1. The Kier molecular flexibility index (Phi) is 6.91. The Morgan fingerprint density at radius 1 is 1.13 bits per heavy atom. The van der Waals surface area contributed by atoms with Crippen LogP contribution < -0.4 is 5.32 Å². The quantitative estimate of drug-likeness (QED) is 0.878. The molecule has 1 saturated heterocycles. The number of aryl methyl sites for hydroxylation is 1. The standard InChI is InChI=1S/C19H28N2O.ClH/c1-15-8-7-11-17(16-9-3-4-10-16)19(15)20-18(22)14-21-12-5-2-6-13-21;/h7-8,11,16H,2-6,9-10,12-14H2,1H3,(H,20,22);1H. The van der Waals surface area contributed by atoms with Crippen LogP contribution >= 0.6 is 12.4 Å². The number of anilines is 1. The van der Waals surface area contributed by atoms with Crippen LogP contribution in [0.5, 0.6) is 0 Å². The zero-order valence-corrected chi connectivity index (χ0v) is 15.0. The maximum absolute atomic E-state index is 12.4. The second-order valence-electron chi connectivity index (χ2n) is 6.91. The summed E-state index contributed by atoms with van der Waals surface area (Å²) in [6.07, 6.45) is 8.92.